The fourth-order valence-corrected chi connectivity index (χ4v) is 6.48. The number of furan rings is 1. The molecule has 1 aliphatic heterocycles. The Kier molecular flexibility index (Phi) is 4.19. The highest BCUT2D eigenvalue weighted by Gasteiger charge is 2.64. The lowest BCUT2D eigenvalue weighted by Gasteiger charge is -2.52. The van der Waals surface area contributed by atoms with Gasteiger partial charge in [-0.25, -0.2) is 4.79 Å². The minimum absolute atomic E-state index is 0.157. The third-order valence-corrected chi connectivity index (χ3v) is 8.08. The normalized spacial score (nSPS) is 36.0. The molecule has 7 heteroatoms. The topological polar surface area (TPSA) is 92.0 Å². The van der Waals surface area contributed by atoms with Gasteiger partial charge in [0.1, 0.15) is 23.7 Å². The lowest BCUT2D eigenvalue weighted by molar-refractivity contribution is -0.127. The van der Waals surface area contributed by atoms with Crippen LogP contribution in [0.25, 0.3) is 0 Å². The number of rotatable bonds is 4. The molecule has 0 bridgehead atoms. The van der Waals surface area contributed by atoms with Crippen LogP contribution < -0.4 is 0 Å². The molecule has 0 amide bonds. The first-order chi connectivity index (χ1) is 14.7. The van der Waals surface area contributed by atoms with Crippen LogP contribution in [0.5, 0.6) is 0 Å². The number of methoxy groups -OCH3 is 2. The van der Waals surface area contributed by atoms with E-state index in [1.807, 2.05) is 13.8 Å². The summed E-state index contributed by atoms with van der Waals surface area (Å²) >= 11 is 0. The van der Waals surface area contributed by atoms with Crippen LogP contribution in [0, 0.1) is 17.3 Å². The van der Waals surface area contributed by atoms with E-state index in [9.17, 15) is 14.4 Å². The first kappa shape index (κ1) is 20.2. The van der Waals surface area contributed by atoms with Gasteiger partial charge in [-0.05, 0) is 25.3 Å². The summed E-state index contributed by atoms with van der Waals surface area (Å²) < 4.78 is 22.5. The monoisotopic (exact) mass is 426 g/mol. The van der Waals surface area contributed by atoms with Crippen LogP contribution in [0.2, 0.25) is 0 Å². The molecule has 1 unspecified atom stereocenters. The number of esters is 1. The Morgan fingerprint density at radius 1 is 1.26 bits per heavy atom. The molecule has 5 atom stereocenters. The van der Waals surface area contributed by atoms with Crippen molar-refractivity contribution in [2.45, 2.75) is 44.6 Å². The summed E-state index contributed by atoms with van der Waals surface area (Å²) in [5.41, 5.74) is 0.707. The van der Waals surface area contributed by atoms with Crippen LogP contribution in [0.3, 0.4) is 0 Å². The van der Waals surface area contributed by atoms with E-state index in [2.05, 4.69) is 6.58 Å². The Labute approximate surface area is 180 Å². The number of ketones is 2. The van der Waals surface area contributed by atoms with Crippen LogP contribution in [0.15, 0.2) is 34.2 Å². The van der Waals surface area contributed by atoms with Gasteiger partial charge in [0.25, 0.3) is 0 Å². The maximum absolute atomic E-state index is 13.8. The summed E-state index contributed by atoms with van der Waals surface area (Å²) in [4.78, 5) is 39.4. The third kappa shape index (κ3) is 2.30. The van der Waals surface area contributed by atoms with Gasteiger partial charge in [0.15, 0.2) is 5.76 Å². The molecule has 31 heavy (non-hydrogen) atoms. The van der Waals surface area contributed by atoms with Gasteiger partial charge in [-0.1, -0.05) is 13.5 Å². The molecule has 164 valence electrons. The first-order valence-electron chi connectivity index (χ1n) is 10.6. The smallest absolute Gasteiger partial charge is 0.342 e. The van der Waals surface area contributed by atoms with E-state index in [1.165, 1.54) is 6.26 Å². The Morgan fingerprint density at radius 2 is 2.00 bits per heavy atom. The Hall–Kier alpha value is -2.67. The van der Waals surface area contributed by atoms with E-state index < -0.39 is 22.9 Å². The fraction of sp³-hybridized carbons (Fsp3) is 0.542. The molecule has 0 aromatic carbocycles. The van der Waals surface area contributed by atoms with Crippen LogP contribution in [0.1, 0.15) is 59.6 Å². The number of allylic oxidation sites excluding steroid dienone is 2. The summed E-state index contributed by atoms with van der Waals surface area (Å²) in [6.07, 6.45) is 2.20. The van der Waals surface area contributed by atoms with Crippen molar-refractivity contribution in [1.82, 2.24) is 0 Å². The highest BCUT2D eigenvalue weighted by molar-refractivity contribution is 6.14. The van der Waals surface area contributed by atoms with Crippen molar-refractivity contribution in [3.8, 4) is 0 Å². The molecule has 1 fully saturated rings. The van der Waals surface area contributed by atoms with Gasteiger partial charge in [-0.2, -0.15) is 0 Å². The number of cyclic esters (lactones) is 1. The Bertz CT molecular complexity index is 1080. The molecule has 2 heterocycles. The van der Waals surface area contributed by atoms with Gasteiger partial charge < -0.3 is 18.6 Å². The molecule has 0 spiro atoms. The van der Waals surface area contributed by atoms with E-state index in [4.69, 9.17) is 18.6 Å². The van der Waals surface area contributed by atoms with Crippen LogP contribution in [-0.2, 0) is 24.4 Å². The molecule has 3 aliphatic carbocycles. The van der Waals surface area contributed by atoms with Gasteiger partial charge in [0.2, 0.25) is 5.78 Å². The molecule has 1 aromatic rings. The van der Waals surface area contributed by atoms with Gasteiger partial charge >= 0.3 is 5.97 Å². The van der Waals surface area contributed by atoms with E-state index in [0.29, 0.717) is 36.2 Å². The Balaban J connectivity index is 1.85. The van der Waals surface area contributed by atoms with Gasteiger partial charge in [-0.3, -0.25) is 9.59 Å². The van der Waals surface area contributed by atoms with Crippen molar-refractivity contribution in [2.24, 2.45) is 17.3 Å². The lowest BCUT2D eigenvalue weighted by Crippen LogP contribution is -2.55. The zero-order valence-electron chi connectivity index (χ0n) is 18.2. The van der Waals surface area contributed by atoms with Crippen molar-refractivity contribution >= 4 is 17.5 Å². The van der Waals surface area contributed by atoms with Gasteiger partial charge in [0.05, 0.1) is 24.9 Å². The Morgan fingerprint density at radius 3 is 2.68 bits per heavy atom. The lowest BCUT2D eigenvalue weighted by atomic mass is 9.51. The van der Waals surface area contributed by atoms with Gasteiger partial charge in [-0.15, -0.1) is 0 Å². The van der Waals surface area contributed by atoms with Crippen LogP contribution in [0.4, 0.5) is 0 Å². The van der Waals surface area contributed by atoms with Crippen molar-refractivity contribution in [3.05, 3.63) is 46.6 Å². The zero-order valence-corrected chi connectivity index (χ0v) is 18.2. The number of carbonyl (C=O) groups is 3. The number of ether oxygens (including phenoxy) is 3. The number of hydrogen-bond acceptors (Lipinski definition) is 7. The largest absolute Gasteiger partial charge is 0.501 e. The molecular formula is C24H26O7. The average molecular weight is 426 g/mol. The molecule has 7 nitrogen and oxygen atoms in total. The van der Waals surface area contributed by atoms with Crippen molar-refractivity contribution < 1.29 is 33.0 Å². The van der Waals surface area contributed by atoms with Crippen molar-refractivity contribution in [3.63, 3.8) is 0 Å². The first-order valence-corrected chi connectivity index (χ1v) is 10.6. The van der Waals surface area contributed by atoms with E-state index in [-0.39, 0.29) is 41.3 Å². The van der Waals surface area contributed by atoms with E-state index in [1.54, 1.807) is 14.2 Å². The third-order valence-electron chi connectivity index (χ3n) is 8.08. The van der Waals surface area contributed by atoms with Crippen molar-refractivity contribution in [2.75, 3.05) is 20.8 Å². The predicted octanol–water partition coefficient (Wildman–Crippen LogP) is 3.38. The second kappa shape index (κ2) is 6.42. The molecule has 5 rings (SSSR count). The highest BCUT2D eigenvalue weighted by Crippen LogP contribution is 2.63. The standard InChI is InChI=1S/C24H26O7/c1-11(29-5)12-8-23(2)14(6-7-15(23)25)17-18(12)24(3)16(10-28-4)31-22(27)13-9-30-21(19(13)24)20(17)26/h9,12,14,16H,1,6-8,10H2,2-5H3/t12-,14?,16+,23-,24+/m0/s1. The average Bonchev–Trinajstić information content (AvgIpc) is 3.32. The summed E-state index contributed by atoms with van der Waals surface area (Å²) in [7, 11) is 3.09. The molecule has 4 aliphatic rings. The van der Waals surface area contributed by atoms with Crippen molar-refractivity contribution in [1.29, 1.82) is 0 Å². The van der Waals surface area contributed by atoms with Gasteiger partial charge in [0, 0.05) is 41.9 Å². The van der Waals surface area contributed by atoms with E-state index in [0.717, 1.165) is 5.57 Å². The number of fused-ring (bicyclic) bond motifs is 3. The summed E-state index contributed by atoms with van der Waals surface area (Å²) in [6.45, 7) is 8.18. The molecule has 0 N–H and O–H groups in total. The maximum Gasteiger partial charge on any atom is 0.342 e. The minimum atomic E-state index is -0.857. The van der Waals surface area contributed by atoms with Crippen LogP contribution in [-0.4, -0.2) is 44.5 Å². The number of carbonyl (C=O) groups excluding carboxylic acids is 3. The zero-order chi connectivity index (χ0) is 22.3. The SMILES string of the molecule is C=C(OC)[C@@H]1C[C@]2(C)C(=O)CCC2C2=C1[C@]1(C)c3c(coc3C2=O)C(=O)O[C@@H]1COC. The molecular weight excluding hydrogens is 400 g/mol. The summed E-state index contributed by atoms with van der Waals surface area (Å²) in [5.74, 6) is -0.557. The number of hydrogen-bond donors (Lipinski definition) is 0. The molecule has 1 saturated carbocycles. The van der Waals surface area contributed by atoms with E-state index >= 15 is 0 Å². The maximum atomic E-state index is 13.8. The predicted molar refractivity (Wildman–Crippen MR) is 109 cm³/mol. The molecule has 0 radical (unpaired) electrons. The minimum Gasteiger partial charge on any atom is -0.501 e. The summed E-state index contributed by atoms with van der Waals surface area (Å²) in [6, 6.07) is 0. The quantitative estimate of drug-likeness (QED) is 0.538. The fourth-order valence-electron chi connectivity index (χ4n) is 6.48. The molecule has 0 saturated heterocycles. The van der Waals surface area contributed by atoms with Crippen LogP contribution >= 0.6 is 0 Å². The molecule has 1 aromatic heterocycles. The number of Topliss-reactive ketones (excluding diaryl/α,β-unsaturated/α-hetero) is 2. The second-order valence-electron chi connectivity index (χ2n) is 9.42. The highest BCUT2D eigenvalue weighted by atomic mass is 16.6. The second-order valence-corrected chi connectivity index (χ2v) is 9.42. The summed E-state index contributed by atoms with van der Waals surface area (Å²) in [5, 5.41) is 0.